The largest absolute Gasteiger partial charge is 0.492 e. The fraction of sp³-hybridized carbons (Fsp3) is 0.406. The van der Waals surface area contributed by atoms with Gasteiger partial charge in [-0.1, -0.05) is 41.9 Å². The highest BCUT2D eigenvalue weighted by molar-refractivity contribution is 6.31. The summed E-state index contributed by atoms with van der Waals surface area (Å²) in [4.78, 5) is 20.2. The Kier molecular flexibility index (Phi) is 10.9. The average molecular weight is 595 g/mol. The predicted octanol–water partition coefficient (Wildman–Crippen LogP) is 4.61. The lowest BCUT2D eigenvalue weighted by Crippen LogP contribution is -2.45. The molecule has 0 unspecified atom stereocenters. The van der Waals surface area contributed by atoms with Crippen molar-refractivity contribution in [2.45, 2.75) is 6.54 Å². The van der Waals surface area contributed by atoms with Crippen molar-refractivity contribution in [3.63, 3.8) is 0 Å². The van der Waals surface area contributed by atoms with Crippen LogP contribution < -0.4 is 19.5 Å². The SMILES string of the molecule is CN1CCN(CCOc2ccccc2CN2CCOCCOc3ccccc3Oc3ccc(Cl)cc3NC(=O)C2)CC1. The van der Waals surface area contributed by atoms with E-state index in [9.17, 15) is 4.79 Å². The smallest absolute Gasteiger partial charge is 0.238 e. The van der Waals surface area contributed by atoms with Gasteiger partial charge in [0, 0.05) is 56.4 Å². The molecule has 3 aromatic carbocycles. The van der Waals surface area contributed by atoms with Crippen molar-refractivity contribution in [3.8, 4) is 23.0 Å². The molecule has 42 heavy (non-hydrogen) atoms. The quantitative estimate of drug-likeness (QED) is 0.444. The zero-order chi connectivity index (χ0) is 29.1. The highest BCUT2D eigenvalue weighted by Gasteiger charge is 2.18. The number of nitrogens with zero attached hydrogens (tertiary/aromatic N) is 3. The topological polar surface area (TPSA) is 75.7 Å². The van der Waals surface area contributed by atoms with E-state index in [4.69, 9.17) is 30.5 Å². The third-order valence-corrected chi connectivity index (χ3v) is 7.55. The molecule has 2 aliphatic rings. The summed E-state index contributed by atoms with van der Waals surface area (Å²) in [5.74, 6) is 2.25. The van der Waals surface area contributed by atoms with Gasteiger partial charge in [-0.25, -0.2) is 0 Å². The van der Waals surface area contributed by atoms with Crippen LogP contribution in [-0.4, -0.2) is 99.9 Å². The summed E-state index contributed by atoms with van der Waals surface area (Å²) in [6.45, 7) is 8.24. The van der Waals surface area contributed by atoms with Gasteiger partial charge in [0.05, 0.1) is 25.4 Å². The summed E-state index contributed by atoms with van der Waals surface area (Å²) in [7, 11) is 2.16. The number of benzene rings is 3. The number of nitrogens with one attached hydrogen (secondary N) is 1. The van der Waals surface area contributed by atoms with Crippen LogP contribution >= 0.6 is 11.6 Å². The summed E-state index contributed by atoms with van der Waals surface area (Å²) in [5.41, 5.74) is 1.51. The van der Waals surface area contributed by atoms with Gasteiger partial charge in [-0.15, -0.1) is 0 Å². The van der Waals surface area contributed by atoms with E-state index in [2.05, 4.69) is 27.1 Å². The molecule has 5 rings (SSSR count). The number of hydrogen-bond donors (Lipinski definition) is 1. The molecule has 1 N–H and O–H groups in total. The second kappa shape index (κ2) is 15.2. The Balaban J connectivity index is 1.27. The summed E-state index contributed by atoms with van der Waals surface area (Å²) in [6, 6.07) is 20.6. The fourth-order valence-corrected chi connectivity index (χ4v) is 5.12. The molecule has 0 bridgehead atoms. The summed E-state index contributed by atoms with van der Waals surface area (Å²) < 4.78 is 24.2. The van der Waals surface area contributed by atoms with Gasteiger partial charge in [0.1, 0.15) is 19.0 Å². The number of carbonyl (C=O) groups is 1. The first kappa shape index (κ1) is 30.1. The number of amides is 1. The lowest BCUT2D eigenvalue weighted by atomic mass is 10.2. The van der Waals surface area contributed by atoms with Crippen molar-refractivity contribution in [2.75, 3.05) is 84.6 Å². The van der Waals surface area contributed by atoms with Gasteiger partial charge in [-0.05, 0) is 43.4 Å². The minimum absolute atomic E-state index is 0.151. The molecule has 0 saturated carbocycles. The van der Waals surface area contributed by atoms with Gasteiger partial charge >= 0.3 is 0 Å². The molecule has 0 atom stereocenters. The number of ether oxygens (including phenoxy) is 4. The van der Waals surface area contributed by atoms with Crippen molar-refractivity contribution in [2.24, 2.45) is 0 Å². The van der Waals surface area contributed by atoms with Crippen LogP contribution in [0.3, 0.4) is 0 Å². The van der Waals surface area contributed by atoms with Gasteiger partial charge in [0.25, 0.3) is 0 Å². The van der Waals surface area contributed by atoms with Crippen LogP contribution in [0, 0.1) is 0 Å². The van der Waals surface area contributed by atoms with E-state index >= 15 is 0 Å². The van der Waals surface area contributed by atoms with Gasteiger partial charge in [-0.3, -0.25) is 14.6 Å². The minimum atomic E-state index is -0.185. The fourth-order valence-electron chi connectivity index (χ4n) is 4.95. The van der Waals surface area contributed by atoms with Crippen LogP contribution in [0.15, 0.2) is 66.7 Å². The molecular weight excluding hydrogens is 556 g/mol. The van der Waals surface area contributed by atoms with Crippen LogP contribution in [0.25, 0.3) is 0 Å². The Morgan fingerprint density at radius 2 is 1.64 bits per heavy atom. The van der Waals surface area contributed by atoms with Crippen LogP contribution in [0.1, 0.15) is 5.56 Å². The first-order valence-corrected chi connectivity index (χ1v) is 14.8. The van der Waals surface area contributed by atoms with E-state index in [0.717, 1.165) is 44.0 Å². The molecule has 0 aromatic heterocycles. The normalized spacial score (nSPS) is 17.9. The lowest BCUT2D eigenvalue weighted by Gasteiger charge is -2.32. The van der Waals surface area contributed by atoms with Gasteiger partial charge in [-0.2, -0.15) is 0 Å². The predicted molar refractivity (Wildman–Crippen MR) is 164 cm³/mol. The Morgan fingerprint density at radius 1 is 0.857 bits per heavy atom. The molecule has 1 saturated heterocycles. The molecule has 10 heteroatoms. The average Bonchev–Trinajstić information content (AvgIpc) is 2.98. The second-order valence-electron chi connectivity index (χ2n) is 10.5. The summed E-state index contributed by atoms with van der Waals surface area (Å²) in [6.07, 6.45) is 0. The van der Waals surface area contributed by atoms with Crippen molar-refractivity contribution in [1.29, 1.82) is 0 Å². The lowest BCUT2D eigenvalue weighted by molar-refractivity contribution is -0.117. The van der Waals surface area contributed by atoms with Gasteiger partial charge in [0.2, 0.25) is 5.91 Å². The van der Waals surface area contributed by atoms with E-state index in [-0.39, 0.29) is 12.5 Å². The molecule has 0 spiro atoms. The minimum Gasteiger partial charge on any atom is -0.492 e. The van der Waals surface area contributed by atoms with Crippen LogP contribution in [-0.2, 0) is 16.1 Å². The molecule has 0 radical (unpaired) electrons. The number of para-hydroxylation sites is 3. The Labute approximate surface area is 252 Å². The first-order chi connectivity index (χ1) is 20.5. The van der Waals surface area contributed by atoms with E-state index < -0.39 is 0 Å². The maximum Gasteiger partial charge on any atom is 0.238 e. The zero-order valence-electron chi connectivity index (χ0n) is 24.1. The van der Waals surface area contributed by atoms with Gasteiger partial charge in [0.15, 0.2) is 17.2 Å². The van der Waals surface area contributed by atoms with E-state index in [1.165, 1.54) is 0 Å². The number of likely N-dealkylation sites (N-methyl/N-ethyl adjacent to an activating group) is 1. The van der Waals surface area contributed by atoms with E-state index in [1.807, 2.05) is 48.5 Å². The highest BCUT2D eigenvalue weighted by atomic mass is 35.5. The molecule has 9 nitrogen and oxygen atoms in total. The Hall–Kier alpha value is -3.34. The van der Waals surface area contributed by atoms with E-state index in [1.54, 1.807) is 18.2 Å². The molecule has 1 fully saturated rings. The van der Waals surface area contributed by atoms with Crippen LogP contribution in [0.5, 0.6) is 23.0 Å². The van der Waals surface area contributed by atoms with Crippen molar-refractivity contribution in [1.82, 2.24) is 14.7 Å². The molecule has 0 aliphatic carbocycles. The number of rotatable bonds is 6. The monoisotopic (exact) mass is 594 g/mol. The van der Waals surface area contributed by atoms with Crippen molar-refractivity contribution in [3.05, 3.63) is 77.3 Å². The molecule has 224 valence electrons. The summed E-state index contributed by atoms with van der Waals surface area (Å²) in [5, 5.41) is 3.49. The third-order valence-electron chi connectivity index (χ3n) is 7.32. The molecule has 2 aliphatic heterocycles. The molecule has 3 aromatic rings. The van der Waals surface area contributed by atoms with E-state index in [0.29, 0.717) is 67.5 Å². The number of hydrogen-bond acceptors (Lipinski definition) is 8. The number of carbonyl (C=O) groups excluding carboxylic acids is 1. The third kappa shape index (κ3) is 8.83. The number of fused-ring (bicyclic) bond motifs is 2. The highest BCUT2D eigenvalue weighted by Crippen LogP contribution is 2.36. The zero-order valence-corrected chi connectivity index (χ0v) is 24.9. The van der Waals surface area contributed by atoms with Crippen molar-refractivity contribution >= 4 is 23.2 Å². The Bertz CT molecular complexity index is 1320. The van der Waals surface area contributed by atoms with Gasteiger partial charge < -0.3 is 29.2 Å². The maximum atomic E-state index is 13.3. The maximum absolute atomic E-state index is 13.3. The number of halogens is 1. The molecule has 2 heterocycles. The van der Waals surface area contributed by atoms with Crippen molar-refractivity contribution < 1.29 is 23.7 Å². The van der Waals surface area contributed by atoms with Crippen LogP contribution in [0.4, 0.5) is 5.69 Å². The molecule has 1 amide bonds. The van der Waals surface area contributed by atoms with Crippen LogP contribution in [0.2, 0.25) is 5.02 Å². The Morgan fingerprint density at radius 3 is 2.50 bits per heavy atom. The number of anilines is 1. The first-order valence-electron chi connectivity index (χ1n) is 14.4. The number of piperazine rings is 1. The second-order valence-corrected chi connectivity index (χ2v) is 10.9. The summed E-state index contributed by atoms with van der Waals surface area (Å²) >= 11 is 6.29. The molecular formula is C32H39ClN4O5. The standard InChI is InChI=1S/C32H39ClN4O5/c1-35-12-14-36(15-13-35)17-19-40-28-7-3-2-6-25(28)23-37-16-18-39-20-21-41-30-8-4-5-9-31(30)42-29-11-10-26(33)22-27(29)34-32(38)24-37/h2-11,22H,12-21,23-24H2,1H3,(H,34,38).